The number of anilines is 2. The summed E-state index contributed by atoms with van der Waals surface area (Å²) in [4.78, 5) is 16.3. The van der Waals surface area contributed by atoms with Gasteiger partial charge in [0.15, 0.2) is 0 Å². The van der Waals surface area contributed by atoms with E-state index in [4.69, 9.17) is 11.6 Å². The lowest BCUT2D eigenvalue weighted by molar-refractivity contribution is 0.102. The van der Waals surface area contributed by atoms with Gasteiger partial charge in [-0.25, -0.2) is 0 Å². The average molecular weight is 304 g/mol. The first-order valence-corrected chi connectivity index (χ1v) is 7.19. The van der Waals surface area contributed by atoms with Crippen LogP contribution < -0.4 is 10.6 Å². The van der Waals surface area contributed by atoms with E-state index in [1.807, 2.05) is 6.07 Å². The number of nitrogens with one attached hydrogen (secondary N) is 2. The van der Waals surface area contributed by atoms with Crippen LogP contribution >= 0.6 is 11.6 Å². The van der Waals surface area contributed by atoms with E-state index in [2.05, 4.69) is 29.5 Å². The van der Waals surface area contributed by atoms with Crippen LogP contribution in [0.4, 0.5) is 11.4 Å². The third kappa shape index (κ3) is 4.76. The van der Waals surface area contributed by atoms with E-state index in [0.29, 0.717) is 22.3 Å². The molecule has 0 saturated carbocycles. The van der Waals surface area contributed by atoms with Gasteiger partial charge >= 0.3 is 0 Å². The summed E-state index contributed by atoms with van der Waals surface area (Å²) in [5, 5.41) is 6.63. The van der Waals surface area contributed by atoms with Crippen molar-refractivity contribution in [2.75, 3.05) is 17.2 Å². The molecule has 0 bridgehead atoms. The van der Waals surface area contributed by atoms with Crippen molar-refractivity contribution in [3.8, 4) is 0 Å². The summed E-state index contributed by atoms with van der Waals surface area (Å²) in [5.74, 6) is 0.271. The zero-order valence-electron chi connectivity index (χ0n) is 12.1. The van der Waals surface area contributed by atoms with E-state index in [0.717, 1.165) is 12.2 Å². The van der Waals surface area contributed by atoms with Gasteiger partial charge in [-0.2, -0.15) is 0 Å². The molecule has 1 aromatic heterocycles. The molecule has 0 aliphatic carbocycles. The minimum Gasteiger partial charge on any atom is -0.385 e. The predicted octanol–water partition coefficient (Wildman–Crippen LogP) is 4.06. The van der Waals surface area contributed by atoms with Crippen molar-refractivity contribution in [3.05, 3.63) is 53.3 Å². The van der Waals surface area contributed by atoms with Gasteiger partial charge in [-0.15, -0.1) is 0 Å². The van der Waals surface area contributed by atoms with Crippen LogP contribution in [0.25, 0.3) is 0 Å². The van der Waals surface area contributed by atoms with E-state index in [1.54, 1.807) is 36.5 Å². The number of carbonyl (C=O) groups excluding carboxylic acids is 1. The molecule has 0 atom stereocenters. The number of carbonyl (C=O) groups is 1. The smallest absolute Gasteiger partial charge is 0.274 e. The number of pyridine rings is 1. The number of benzene rings is 1. The zero-order valence-corrected chi connectivity index (χ0v) is 12.8. The molecule has 110 valence electrons. The number of nitrogens with zero attached hydrogens (tertiary/aromatic N) is 1. The SMILES string of the molecule is CC(C)CNc1ccnc(C(=O)Nc2cccc(Cl)c2)c1. The van der Waals surface area contributed by atoms with Crippen molar-refractivity contribution in [2.24, 2.45) is 5.92 Å². The Morgan fingerprint density at radius 2 is 2.05 bits per heavy atom. The standard InChI is InChI=1S/C16H18ClN3O/c1-11(2)10-19-13-6-7-18-15(9-13)16(21)20-14-5-3-4-12(17)8-14/h3-9,11H,10H2,1-2H3,(H,18,19)(H,20,21). The van der Waals surface area contributed by atoms with Crippen LogP contribution in [0.1, 0.15) is 24.3 Å². The van der Waals surface area contributed by atoms with Gasteiger partial charge in [0.25, 0.3) is 5.91 Å². The highest BCUT2D eigenvalue weighted by Crippen LogP contribution is 2.16. The highest BCUT2D eigenvalue weighted by Gasteiger charge is 2.09. The third-order valence-corrected chi connectivity index (χ3v) is 3.02. The van der Waals surface area contributed by atoms with Crippen LogP contribution in [0.2, 0.25) is 5.02 Å². The Kier molecular flexibility index (Phi) is 5.17. The Labute approximate surface area is 129 Å². The molecule has 2 N–H and O–H groups in total. The van der Waals surface area contributed by atoms with Crippen LogP contribution in [-0.2, 0) is 0 Å². The fraction of sp³-hybridized carbons (Fsp3) is 0.250. The monoisotopic (exact) mass is 303 g/mol. The second-order valence-electron chi connectivity index (χ2n) is 5.17. The largest absolute Gasteiger partial charge is 0.385 e. The average Bonchev–Trinajstić information content (AvgIpc) is 2.45. The quantitative estimate of drug-likeness (QED) is 0.876. The van der Waals surface area contributed by atoms with Crippen molar-refractivity contribution >= 4 is 28.9 Å². The molecule has 0 radical (unpaired) electrons. The topological polar surface area (TPSA) is 54.0 Å². The zero-order chi connectivity index (χ0) is 15.2. The number of amides is 1. The van der Waals surface area contributed by atoms with Gasteiger partial charge in [0.05, 0.1) is 0 Å². The van der Waals surface area contributed by atoms with Crippen LogP contribution in [0, 0.1) is 5.92 Å². The van der Waals surface area contributed by atoms with E-state index in [-0.39, 0.29) is 5.91 Å². The summed E-state index contributed by atoms with van der Waals surface area (Å²) in [5.41, 5.74) is 1.90. The molecule has 0 aliphatic rings. The third-order valence-electron chi connectivity index (χ3n) is 2.79. The van der Waals surface area contributed by atoms with Gasteiger partial charge < -0.3 is 10.6 Å². The molecule has 1 amide bonds. The molecule has 0 unspecified atom stereocenters. The maximum Gasteiger partial charge on any atom is 0.274 e. The normalized spacial score (nSPS) is 10.5. The Bertz CT molecular complexity index is 628. The molecule has 0 fully saturated rings. The van der Waals surface area contributed by atoms with Crippen LogP contribution in [0.3, 0.4) is 0 Å². The van der Waals surface area contributed by atoms with Gasteiger partial charge in [0, 0.05) is 29.1 Å². The Balaban J connectivity index is 2.07. The van der Waals surface area contributed by atoms with Crippen LogP contribution in [0.15, 0.2) is 42.6 Å². The number of rotatable bonds is 5. The molecule has 4 nitrogen and oxygen atoms in total. The van der Waals surface area contributed by atoms with E-state index < -0.39 is 0 Å². The van der Waals surface area contributed by atoms with Crippen molar-refractivity contribution < 1.29 is 4.79 Å². The van der Waals surface area contributed by atoms with Gasteiger partial charge in [-0.3, -0.25) is 9.78 Å². The lowest BCUT2D eigenvalue weighted by atomic mass is 10.2. The molecule has 0 spiro atoms. The summed E-state index contributed by atoms with van der Waals surface area (Å²) in [6.45, 7) is 5.10. The van der Waals surface area contributed by atoms with Gasteiger partial charge in [-0.05, 0) is 36.2 Å². The van der Waals surface area contributed by atoms with E-state index >= 15 is 0 Å². The predicted molar refractivity (Wildman–Crippen MR) is 87.0 cm³/mol. The summed E-state index contributed by atoms with van der Waals surface area (Å²) in [6.07, 6.45) is 1.62. The van der Waals surface area contributed by atoms with Crippen molar-refractivity contribution in [3.63, 3.8) is 0 Å². The molecule has 0 saturated heterocycles. The van der Waals surface area contributed by atoms with E-state index in [1.165, 1.54) is 0 Å². The Morgan fingerprint density at radius 3 is 2.76 bits per heavy atom. The van der Waals surface area contributed by atoms with Gasteiger partial charge in [0.1, 0.15) is 5.69 Å². The van der Waals surface area contributed by atoms with Crippen LogP contribution in [0.5, 0.6) is 0 Å². The summed E-state index contributed by atoms with van der Waals surface area (Å²) >= 11 is 5.89. The molecular weight excluding hydrogens is 286 g/mol. The highest BCUT2D eigenvalue weighted by molar-refractivity contribution is 6.30. The fourth-order valence-corrected chi connectivity index (χ4v) is 1.94. The Hall–Kier alpha value is -2.07. The molecule has 1 aromatic carbocycles. The van der Waals surface area contributed by atoms with Gasteiger partial charge in [0.2, 0.25) is 0 Å². The maximum absolute atomic E-state index is 12.2. The second-order valence-corrected chi connectivity index (χ2v) is 5.61. The van der Waals surface area contributed by atoms with Crippen LogP contribution in [-0.4, -0.2) is 17.4 Å². The summed E-state index contributed by atoms with van der Waals surface area (Å²) in [7, 11) is 0. The molecule has 2 rings (SSSR count). The minimum absolute atomic E-state index is 0.259. The first-order chi connectivity index (χ1) is 10.0. The lowest BCUT2D eigenvalue weighted by Crippen LogP contribution is -2.14. The summed E-state index contributed by atoms with van der Waals surface area (Å²) in [6, 6.07) is 10.6. The first-order valence-electron chi connectivity index (χ1n) is 6.81. The number of halogens is 1. The fourth-order valence-electron chi connectivity index (χ4n) is 1.75. The lowest BCUT2D eigenvalue weighted by Gasteiger charge is -2.10. The molecule has 1 heterocycles. The number of hydrogen-bond acceptors (Lipinski definition) is 3. The summed E-state index contributed by atoms with van der Waals surface area (Å²) < 4.78 is 0. The maximum atomic E-state index is 12.2. The first kappa shape index (κ1) is 15.3. The second kappa shape index (κ2) is 7.09. The molecule has 2 aromatic rings. The van der Waals surface area contributed by atoms with Crippen molar-refractivity contribution in [1.29, 1.82) is 0 Å². The van der Waals surface area contributed by atoms with Crippen molar-refractivity contribution in [1.82, 2.24) is 4.98 Å². The Morgan fingerprint density at radius 1 is 1.24 bits per heavy atom. The van der Waals surface area contributed by atoms with Crippen molar-refractivity contribution in [2.45, 2.75) is 13.8 Å². The molecule has 21 heavy (non-hydrogen) atoms. The van der Waals surface area contributed by atoms with Gasteiger partial charge in [-0.1, -0.05) is 31.5 Å². The molecule has 0 aliphatic heterocycles. The number of hydrogen-bond donors (Lipinski definition) is 2. The molecule has 5 heteroatoms. The highest BCUT2D eigenvalue weighted by atomic mass is 35.5. The molecular formula is C16H18ClN3O. The van der Waals surface area contributed by atoms with E-state index in [9.17, 15) is 4.79 Å². The number of aromatic nitrogens is 1. The minimum atomic E-state index is -0.259.